The van der Waals surface area contributed by atoms with Crippen LogP contribution in [0.25, 0.3) is 10.8 Å². The third-order valence-corrected chi connectivity index (χ3v) is 3.42. The van der Waals surface area contributed by atoms with Crippen LogP contribution >= 0.6 is 0 Å². The van der Waals surface area contributed by atoms with Crippen LogP contribution in [0.2, 0.25) is 0 Å². The van der Waals surface area contributed by atoms with E-state index in [1.54, 1.807) is 25.3 Å². The summed E-state index contributed by atoms with van der Waals surface area (Å²) < 4.78 is 5.34. The molecule has 0 bridgehead atoms. The summed E-state index contributed by atoms with van der Waals surface area (Å²) in [5.41, 5.74) is -0.197. The molecule has 0 aliphatic rings. The maximum atomic E-state index is 11.9. The number of ether oxygens (including phenoxy) is 1. The van der Waals surface area contributed by atoms with Gasteiger partial charge in [0.15, 0.2) is 0 Å². The normalized spacial score (nSPS) is 11.8. The standard InChI is InChI=1S/C14H19N3O3/c1-14(2,20-3)7-8-15-10-6-4-5-9-11(10)13(19)17-16-12(9)18/h4-6,15H,7-8H2,1-3H3,(H,16,18)(H,17,19). The lowest BCUT2D eigenvalue weighted by atomic mass is 10.1. The van der Waals surface area contributed by atoms with Crippen molar-refractivity contribution in [1.82, 2.24) is 10.2 Å². The van der Waals surface area contributed by atoms with Gasteiger partial charge in [0.1, 0.15) is 0 Å². The summed E-state index contributed by atoms with van der Waals surface area (Å²) in [5, 5.41) is 8.62. The summed E-state index contributed by atoms with van der Waals surface area (Å²) in [6.07, 6.45) is 0.779. The first-order chi connectivity index (χ1) is 9.44. The second kappa shape index (κ2) is 5.50. The number of H-pyrrole nitrogens is 2. The van der Waals surface area contributed by atoms with Gasteiger partial charge in [0, 0.05) is 19.3 Å². The van der Waals surface area contributed by atoms with Crippen molar-refractivity contribution in [2.24, 2.45) is 0 Å². The fourth-order valence-corrected chi connectivity index (χ4v) is 1.98. The molecule has 20 heavy (non-hydrogen) atoms. The highest BCUT2D eigenvalue weighted by Crippen LogP contribution is 2.18. The molecule has 0 saturated carbocycles. The lowest BCUT2D eigenvalue weighted by molar-refractivity contribution is 0.0185. The van der Waals surface area contributed by atoms with Gasteiger partial charge in [-0.1, -0.05) is 6.07 Å². The summed E-state index contributed by atoms with van der Waals surface area (Å²) in [7, 11) is 1.67. The molecule has 1 aromatic carbocycles. The zero-order chi connectivity index (χ0) is 14.8. The fraction of sp³-hybridized carbons (Fsp3) is 0.429. The monoisotopic (exact) mass is 277 g/mol. The largest absolute Gasteiger partial charge is 0.384 e. The summed E-state index contributed by atoms with van der Waals surface area (Å²) in [4.78, 5) is 23.6. The van der Waals surface area contributed by atoms with Gasteiger partial charge in [-0.25, -0.2) is 0 Å². The summed E-state index contributed by atoms with van der Waals surface area (Å²) in [6, 6.07) is 5.17. The number of aromatic nitrogens is 2. The van der Waals surface area contributed by atoms with Crippen LogP contribution in [0, 0.1) is 0 Å². The van der Waals surface area contributed by atoms with E-state index in [-0.39, 0.29) is 16.7 Å². The van der Waals surface area contributed by atoms with Gasteiger partial charge in [-0.15, -0.1) is 0 Å². The topological polar surface area (TPSA) is 87.0 Å². The molecular weight excluding hydrogens is 258 g/mol. The van der Waals surface area contributed by atoms with Gasteiger partial charge in [0.25, 0.3) is 11.1 Å². The number of hydrogen-bond acceptors (Lipinski definition) is 4. The number of hydrogen-bond donors (Lipinski definition) is 3. The molecule has 3 N–H and O–H groups in total. The SMILES string of the molecule is COC(C)(C)CCNc1cccc2c(=O)[nH][nH]c(=O)c12. The second-order valence-electron chi connectivity index (χ2n) is 5.28. The van der Waals surface area contributed by atoms with Crippen molar-refractivity contribution in [3.05, 3.63) is 38.9 Å². The Bertz CT molecular complexity index is 715. The Labute approximate surface area is 116 Å². The number of benzene rings is 1. The molecule has 2 aromatic rings. The van der Waals surface area contributed by atoms with E-state index < -0.39 is 0 Å². The Hall–Kier alpha value is -2.08. The van der Waals surface area contributed by atoms with Crippen LogP contribution in [0.1, 0.15) is 20.3 Å². The minimum absolute atomic E-state index is 0.235. The van der Waals surface area contributed by atoms with E-state index in [2.05, 4.69) is 15.5 Å². The minimum atomic E-state index is -0.311. The molecule has 0 amide bonds. The van der Waals surface area contributed by atoms with E-state index in [9.17, 15) is 9.59 Å². The van der Waals surface area contributed by atoms with Gasteiger partial charge in [-0.2, -0.15) is 0 Å². The second-order valence-corrected chi connectivity index (χ2v) is 5.28. The van der Waals surface area contributed by atoms with Crippen LogP contribution < -0.4 is 16.4 Å². The first-order valence-corrected chi connectivity index (χ1v) is 6.47. The molecule has 0 spiro atoms. The first kappa shape index (κ1) is 14.3. The highest BCUT2D eigenvalue weighted by molar-refractivity contribution is 5.92. The van der Waals surface area contributed by atoms with E-state index >= 15 is 0 Å². The number of fused-ring (bicyclic) bond motifs is 1. The van der Waals surface area contributed by atoms with E-state index in [0.717, 1.165) is 6.42 Å². The van der Waals surface area contributed by atoms with Crippen molar-refractivity contribution in [2.75, 3.05) is 19.0 Å². The van der Waals surface area contributed by atoms with Crippen molar-refractivity contribution >= 4 is 16.5 Å². The van der Waals surface area contributed by atoms with Gasteiger partial charge in [-0.05, 0) is 32.4 Å². The van der Waals surface area contributed by atoms with Crippen LogP contribution in [-0.4, -0.2) is 29.5 Å². The molecule has 0 radical (unpaired) electrons. The first-order valence-electron chi connectivity index (χ1n) is 6.47. The molecule has 0 aliphatic heterocycles. The van der Waals surface area contributed by atoms with Gasteiger partial charge >= 0.3 is 0 Å². The Kier molecular flexibility index (Phi) is 3.94. The Morgan fingerprint density at radius 1 is 1.20 bits per heavy atom. The maximum absolute atomic E-state index is 11.9. The predicted molar refractivity (Wildman–Crippen MR) is 79.4 cm³/mol. The highest BCUT2D eigenvalue weighted by Gasteiger charge is 2.16. The van der Waals surface area contributed by atoms with Crippen molar-refractivity contribution < 1.29 is 4.74 Å². The van der Waals surface area contributed by atoms with Crippen LogP contribution in [0.4, 0.5) is 5.69 Å². The lowest BCUT2D eigenvalue weighted by Crippen LogP contribution is -2.26. The number of nitrogens with one attached hydrogen (secondary N) is 3. The molecule has 0 atom stereocenters. The molecule has 0 saturated heterocycles. The molecule has 0 aliphatic carbocycles. The summed E-state index contributed by atoms with van der Waals surface area (Å²) in [6.45, 7) is 4.64. The van der Waals surface area contributed by atoms with Crippen molar-refractivity contribution in [1.29, 1.82) is 0 Å². The predicted octanol–water partition coefficient (Wildman–Crippen LogP) is 1.44. The van der Waals surface area contributed by atoms with Crippen molar-refractivity contribution in [2.45, 2.75) is 25.9 Å². The number of anilines is 1. The summed E-state index contributed by atoms with van der Waals surface area (Å²) in [5.74, 6) is 0. The maximum Gasteiger partial charge on any atom is 0.272 e. The van der Waals surface area contributed by atoms with Gasteiger partial charge in [0.05, 0.1) is 16.4 Å². The molecule has 1 heterocycles. The average molecular weight is 277 g/mol. The molecule has 6 nitrogen and oxygen atoms in total. The zero-order valence-corrected chi connectivity index (χ0v) is 11.9. The van der Waals surface area contributed by atoms with Crippen LogP contribution in [-0.2, 0) is 4.74 Å². The Morgan fingerprint density at radius 3 is 2.60 bits per heavy atom. The number of rotatable bonds is 5. The molecule has 0 fully saturated rings. The van der Waals surface area contributed by atoms with E-state index in [1.165, 1.54) is 0 Å². The molecule has 6 heteroatoms. The molecule has 0 unspecified atom stereocenters. The van der Waals surface area contributed by atoms with E-state index in [0.29, 0.717) is 23.0 Å². The average Bonchev–Trinajstić information content (AvgIpc) is 2.43. The van der Waals surface area contributed by atoms with Crippen LogP contribution in [0.3, 0.4) is 0 Å². The number of methoxy groups -OCH3 is 1. The smallest absolute Gasteiger partial charge is 0.272 e. The van der Waals surface area contributed by atoms with Gasteiger partial charge < -0.3 is 10.1 Å². The zero-order valence-electron chi connectivity index (χ0n) is 11.9. The third kappa shape index (κ3) is 2.91. The van der Waals surface area contributed by atoms with E-state index in [1.807, 2.05) is 13.8 Å². The quantitative estimate of drug-likeness (QED) is 0.772. The third-order valence-electron chi connectivity index (χ3n) is 3.42. The van der Waals surface area contributed by atoms with Crippen molar-refractivity contribution in [3.8, 4) is 0 Å². The Morgan fingerprint density at radius 2 is 1.90 bits per heavy atom. The molecular formula is C14H19N3O3. The lowest BCUT2D eigenvalue weighted by Gasteiger charge is -2.23. The number of aromatic amines is 2. The molecule has 108 valence electrons. The van der Waals surface area contributed by atoms with Gasteiger partial charge in [-0.3, -0.25) is 19.8 Å². The van der Waals surface area contributed by atoms with Crippen molar-refractivity contribution in [3.63, 3.8) is 0 Å². The molecule has 2 rings (SSSR count). The molecule has 1 aromatic heterocycles. The fourth-order valence-electron chi connectivity index (χ4n) is 1.98. The van der Waals surface area contributed by atoms with Gasteiger partial charge in [0.2, 0.25) is 0 Å². The van der Waals surface area contributed by atoms with E-state index in [4.69, 9.17) is 4.74 Å². The van der Waals surface area contributed by atoms with Crippen LogP contribution in [0.15, 0.2) is 27.8 Å². The minimum Gasteiger partial charge on any atom is -0.384 e. The van der Waals surface area contributed by atoms with Crippen LogP contribution in [0.5, 0.6) is 0 Å². The highest BCUT2D eigenvalue weighted by atomic mass is 16.5. The summed E-state index contributed by atoms with van der Waals surface area (Å²) >= 11 is 0. The Balaban J connectivity index is 2.30.